The van der Waals surface area contributed by atoms with Crippen LogP contribution in [-0.4, -0.2) is 18.7 Å². The lowest BCUT2D eigenvalue weighted by Gasteiger charge is -2.28. The molecule has 0 saturated carbocycles. The summed E-state index contributed by atoms with van der Waals surface area (Å²) in [6, 6.07) is 8.26. The zero-order valence-electron chi connectivity index (χ0n) is 12.1. The molecular weight excluding hydrogens is 254 g/mol. The van der Waals surface area contributed by atoms with Gasteiger partial charge in [-0.2, -0.15) is 0 Å². The molecule has 1 amide bonds. The minimum Gasteiger partial charge on any atom is -0.315 e. The van der Waals surface area contributed by atoms with Gasteiger partial charge in [-0.1, -0.05) is 29.3 Å². The predicted molar refractivity (Wildman–Crippen MR) is 83.7 cm³/mol. The SMILES string of the molecule is CC(=O)N(C)c1ccccc1C1CC(C)=C(C)CS1. The van der Waals surface area contributed by atoms with E-state index in [0.717, 1.165) is 17.9 Å². The molecule has 102 valence electrons. The molecule has 0 aromatic heterocycles. The predicted octanol–water partition coefficient (Wildman–Crippen LogP) is 4.18. The van der Waals surface area contributed by atoms with Crippen molar-refractivity contribution in [1.82, 2.24) is 0 Å². The number of allylic oxidation sites excluding steroid dienone is 1. The van der Waals surface area contributed by atoms with Crippen molar-refractivity contribution in [2.24, 2.45) is 0 Å². The van der Waals surface area contributed by atoms with Crippen molar-refractivity contribution in [3.63, 3.8) is 0 Å². The van der Waals surface area contributed by atoms with Crippen LogP contribution in [0, 0.1) is 0 Å². The Balaban J connectivity index is 2.33. The van der Waals surface area contributed by atoms with Gasteiger partial charge in [0.2, 0.25) is 5.91 Å². The van der Waals surface area contributed by atoms with Gasteiger partial charge in [0.15, 0.2) is 0 Å². The van der Waals surface area contributed by atoms with E-state index in [9.17, 15) is 4.79 Å². The van der Waals surface area contributed by atoms with Crippen LogP contribution in [0.3, 0.4) is 0 Å². The van der Waals surface area contributed by atoms with Crippen LogP contribution >= 0.6 is 11.8 Å². The molecule has 2 nitrogen and oxygen atoms in total. The van der Waals surface area contributed by atoms with Crippen molar-refractivity contribution in [3.8, 4) is 0 Å². The summed E-state index contributed by atoms with van der Waals surface area (Å²) in [5, 5.41) is 0.460. The summed E-state index contributed by atoms with van der Waals surface area (Å²) in [4.78, 5) is 13.4. The van der Waals surface area contributed by atoms with Gasteiger partial charge >= 0.3 is 0 Å². The Morgan fingerprint density at radius 2 is 1.95 bits per heavy atom. The molecule has 1 unspecified atom stereocenters. The smallest absolute Gasteiger partial charge is 0.223 e. The Hall–Kier alpha value is -1.22. The molecule has 1 heterocycles. The Labute approximate surface area is 119 Å². The number of anilines is 1. The number of para-hydroxylation sites is 1. The highest BCUT2D eigenvalue weighted by Gasteiger charge is 2.22. The molecule has 0 fully saturated rings. The summed E-state index contributed by atoms with van der Waals surface area (Å²) < 4.78 is 0. The highest BCUT2D eigenvalue weighted by molar-refractivity contribution is 7.99. The van der Waals surface area contributed by atoms with Crippen molar-refractivity contribution < 1.29 is 4.79 Å². The van der Waals surface area contributed by atoms with E-state index in [1.165, 1.54) is 16.7 Å². The zero-order valence-corrected chi connectivity index (χ0v) is 12.9. The van der Waals surface area contributed by atoms with Crippen LogP contribution in [0.25, 0.3) is 0 Å². The van der Waals surface area contributed by atoms with Crippen LogP contribution in [0.4, 0.5) is 5.69 Å². The van der Waals surface area contributed by atoms with Gasteiger partial charge in [-0.15, -0.1) is 11.8 Å². The fourth-order valence-corrected chi connectivity index (χ4v) is 3.74. The van der Waals surface area contributed by atoms with Crippen molar-refractivity contribution in [1.29, 1.82) is 0 Å². The standard InChI is InChI=1S/C16H21NOS/c1-11-9-16(19-10-12(11)2)14-7-5-6-8-15(14)17(4)13(3)18/h5-8,16H,9-10H2,1-4H3. The lowest BCUT2D eigenvalue weighted by Crippen LogP contribution is -2.24. The number of nitrogens with zero attached hydrogens (tertiary/aromatic N) is 1. The van der Waals surface area contributed by atoms with Crippen LogP contribution in [0.5, 0.6) is 0 Å². The van der Waals surface area contributed by atoms with Gasteiger partial charge in [0, 0.05) is 30.7 Å². The van der Waals surface area contributed by atoms with E-state index in [4.69, 9.17) is 0 Å². The van der Waals surface area contributed by atoms with Gasteiger partial charge in [-0.05, 0) is 31.9 Å². The first-order chi connectivity index (χ1) is 9.00. The van der Waals surface area contributed by atoms with E-state index in [0.29, 0.717) is 5.25 Å². The molecule has 0 N–H and O–H groups in total. The molecule has 0 spiro atoms. The summed E-state index contributed by atoms with van der Waals surface area (Å²) >= 11 is 1.98. The summed E-state index contributed by atoms with van der Waals surface area (Å²) in [5.41, 5.74) is 5.31. The summed E-state index contributed by atoms with van der Waals surface area (Å²) in [5.74, 6) is 1.17. The van der Waals surface area contributed by atoms with E-state index >= 15 is 0 Å². The maximum atomic E-state index is 11.6. The minimum absolute atomic E-state index is 0.0803. The quantitative estimate of drug-likeness (QED) is 0.755. The Morgan fingerprint density at radius 1 is 1.26 bits per heavy atom. The minimum atomic E-state index is 0.0803. The number of rotatable bonds is 2. The molecule has 1 aliphatic rings. The summed E-state index contributed by atoms with van der Waals surface area (Å²) in [7, 11) is 1.85. The van der Waals surface area contributed by atoms with Crippen LogP contribution in [0.2, 0.25) is 0 Å². The molecule has 0 bridgehead atoms. The van der Waals surface area contributed by atoms with Gasteiger partial charge < -0.3 is 4.90 Å². The maximum Gasteiger partial charge on any atom is 0.223 e. The van der Waals surface area contributed by atoms with Crippen molar-refractivity contribution in [3.05, 3.63) is 41.0 Å². The number of thioether (sulfide) groups is 1. The number of benzene rings is 1. The van der Waals surface area contributed by atoms with Crippen LogP contribution in [0.15, 0.2) is 35.4 Å². The second-order valence-corrected chi connectivity index (χ2v) is 6.39. The highest BCUT2D eigenvalue weighted by Crippen LogP contribution is 2.43. The maximum absolute atomic E-state index is 11.6. The Bertz CT molecular complexity index is 521. The Morgan fingerprint density at radius 3 is 2.58 bits per heavy atom. The lowest BCUT2D eigenvalue weighted by atomic mass is 9.99. The lowest BCUT2D eigenvalue weighted by molar-refractivity contribution is -0.116. The topological polar surface area (TPSA) is 20.3 Å². The molecule has 0 radical (unpaired) electrons. The van der Waals surface area contributed by atoms with Crippen molar-refractivity contribution in [2.75, 3.05) is 17.7 Å². The average molecular weight is 275 g/mol. The van der Waals surface area contributed by atoms with Crippen LogP contribution in [-0.2, 0) is 4.79 Å². The van der Waals surface area contributed by atoms with Crippen molar-refractivity contribution >= 4 is 23.4 Å². The number of carbonyl (C=O) groups excluding carboxylic acids is 1. The molecule has 19 heavy (non-hydrogen) atoms. The second-order valence-electron chi connectivity index (χ2n) is 5.20. The fourth-order valence-electron chi connectivity index (χ4n) is 2.29. The van der Waals surface area contributed by atoms with Gasteiger partial charge in [-0.3, -0.25) is 4.79 Å². The van der Waals surface area contributed by atoms with Gasteiger partial charge in [0.1, 0.15) is 0 Å². The Kier molecular flexibility index (Phi) is 4.35. The number of amides is 1. The highest BCUT2D eigenvalue weighted by atomic mass is 32.2. The first-order valence-corrected chi connectivity index (χ1v) is 7.65. The second kappa shape index (κ2) is 5.83. The summed E-state index contributed by atoms with van der Waals surface area (Å²) in [6.07, 6.45) is 1.08. The first-order valence-electron chi connectivity index (χ1n) is 6.60. The van der Waals surface area contributed by atoms with E-state index in [-0.39, 0.29) is 5.91 Å². The summed E-state index contributed by atoms with van der Waals surface area (Å²) in [6.45, 7) is 6.05. The number of hydrogen-bond donors (Lipinski definition) is 0. The van der Waals surface area contributed by atoms with Gasteiger partial charge in [-0.25, -0.2) is 0 Å². The third-order valence-electron chi connectivity index (χ3n) is 3.84. The molecule has 3 heteroatoms. The number of carbonyl (C=O) groups is 1. The average Bonchev–Trinajstić information content (AvgIpc) is 2.41. The molecule has 1 atom stereocenters. The zero-order chi connectivity index (χ0) is 14.0. The third kappa shape index (κ3) is 3.03. The fraction of sp³-hybridized carbons (Fsp3) is 0.438. The largest absolute Gasteiger partial charge is 0.315 e. The van der Waals surface area contributed by atoms with Gasteiger partial charge in [0.25, 0.3) is 0 Å². The molecule has 0 aliphatic carbocycles. The molecule has 0 saturated heterocycles. The molecule has 1 aliphatic heterocycles. The molecular formula is C16H21NOS. The van der Waals surface area contributed by atoms with Gasteiger partial charge in [0.05, 0.1) is 0 Å². The van der Waals surface area contributed by atoms with Crippen LogP contribution < -0.4 is 4.90 Å². The normalized spacial score (nSPS) is 19.5. The third-order valence-corrected chi connectivity index (χ3v) is 5.26. The van der Waals surface area contributed by atoms with E-state index in [1.807, 2.05) is 30.9 Å². The van der Waals surface area contributed by atoms with E-state index < -0.39 is 0 Å². The molecule has 2 rings (SSSR count). The number of hydrogen-bond acceptors (Lipinski definition) is 2. The monoisotopic (exact) mass is 275 g/mol. The molecule has 1 aromatic carbocycles. The van der Waals surface area contributed by atoms with E-state index in [1.54, 1.807) is 11.8 Å². The molecule has 1 aromatic rings. The first kappa shape index (κ1) is 14.2. The van der Waals surface area contributed by atoms with E-state index in [2.05, 4.69) is 26.0 Å². The van der Waals surface area contributed by atoms with Crippen molar-refractivity contribution in [2.45, 2.75) is 32.4 Å². The van der Waals surface area contributed by atoms with Crippen LogP contribution in [0.1, 0.15) is 38.0 Å².